The highest BCUT2D eigenvalue weighted by atomic mass is 16.5. The van der Waals surface area contributed by atoms with Crippen LogP contribution in [0.5, 0.6) is 0 Å². The molecule has 0 bridgehead atoms. The number of rotatable bonds is 6. The number of carboxylic acids is 1. The van der Waals surface area contributed by atoms with Crippen LogP contribution in [0.4, 0.5) is 0 Å². The van der Waals surface area contributed by atoms with E-state index >= 15 is 0 Å². The number of nitrogens with one attached hydrogen (secondary N) is 1. The average Bonchev–Trinajstić information content (AvgIpc) is 2.25. The van der Waals surface area contributed by atoms with E-state index in [1.807, 2.05) is 0 Å². The molecule has 2 N–H and O–H groups in total. The fourth-order valence-corrected chi connectivity index (χ4v) is 1.17. The van der Waals surface area contributed by atoms with Crippen molar-refractivity contribution in [2.24, 2.45) is 11.3 Å². The Hall–Kier alpha value is -1.59. The largest absolute Gasteiger partial charge is 0.481 e. The predicted octanol–water partition coefficient (Wildman–Crippen LogP) is 0.413. The van der Waals surface area contributed by atoms with E-state index in [2.05, 4.69) is 10.1 Å². The Labute approximate surface area is 100 Å². The average molecular weight is 245 g/mol. The SMILES string of the molecule is COC(=O)CNC(=O)CC(C)(C(=O)O)C(C)C. The molecule has 0 fully saturated rings. The number of methoxy groups -OCH3 is 1. The van der Waals surface area contributed by atoms with Crippen LogP contribution in [-0.4, -0.2) is 36.6 Å². The van der Waals surface area contributed by atoms with Crippen molar-refractivity contribution >= 4 is 17.8 Å². The normalized spacial score (nSPS) is 13.9. The van der Waals surface area contributed by atoms with Crippen molar-refractivity contribution in [1.29, 1.82) is 0 Å². The zero-order chi connectivity index (χ0) is 13.6. The van der Waals surface area contributed by atoms with E-state index < -0.39 is 23.3 Å². The number of ether oxygens (including phenoxy) is 1. The lowest BCUT2D eigenvalue weighted by atomic mass is 9.76. The van der Waals surface area contributed by atoms with Crippen LogP contribution in [0.1, 0.15) is 27.2 Å². The number of hydrogen-bond acceptors (Lipinski definition) is 4. The summed E-state index contributed by atoms with van der Waals surface area (Å²) in [5, 5.41) is 11.4. The van der Waals surface area contributed by atoms with E-state index in [0.29, 0.717) is 0 Å². The molecular formula is C11H19NO5. The van der Waals surface area contributed by atoms with E-state index in [1.54, 1.807) is 13.8 Å². The van der Waals surface area contributed by atoms with E-state index in [0.717, 1.165) is 0 Å². The summed E-state index contributed by atoms with van der Waals surface area (Å²) in [4.78, 5) is 33.4. The monoisotopic (exact) mass is 245 g/mol. The second-order valence-corrected chi connectivity index (χ2v) is 4.41. The molecule has 6 heteroatoms. The molecule has 0 radical (unpaired) electrons. The Balaban J connectivity index is 4.44. The van der Waals surface area contributed by atoms with Gasteiger partial charge in [-0.25, -0.2) is 0 Å². The van der Waals surface area contributed by atoms with Crippen molar-refractivity contribution in [2.45, 2.75) is 27.2 Å². The third-order valence-corrected chi connectivity index (χ3v) is 2.95. The molecule has 0 aromatic carbocycles. The quantitative estimate of drug-likeness (QED) is 0.661. The Bertz CT molecular complexity index is 313. The summed E-state index contributed by atoms with van der Waals surface area (Å²) in [7, 11) is 1.21. The van der Waals surface area contributed by atoms with Crippen molar-refractivity contribution in [2.75, 3.05) is 13.7 Å². The van der Waals surface area contributed by atoms with Crippen LogP contribution in [0, 0.1) is 11.3 Å². The van der Waals surface area contributed by atoms with Crippen molar-refractivity contribution < 1.29 is 24.2 Å². The van der Waals surface area contributed by atoms with Gasteiger partial charge in [0.2, 0.25) is 5.91 Å². The van der Waals surface area contributed by atoms with Crippen molar-refractivity contribution in [1.82, 2.24) is 5.32 Å². The third kappa shape index (κ3) is 4.42. The van der Waals surface area contributed by atoms with Gasteiger partial charge in [0.25, 0.3) is 0 Å². The standard InChI is InChI=1S/C11H19NO5/c1-7(2)11(3,10(15)16)5-8(13)12-6-9(14)17-4/h7H,5-6H2,1-4H3,(H,12,13)(H,15,16). The molecule has 0 aliphatic carbocycles. The first-order valence-corrected chi connectivity index (χ1v) is 5.31. The molecule has 0 aliphatic heterocycles. The highest BCUT2D eigenvalue weighted by Crippen LogP contribution is 2.31. The lowest BCUT2D eigenvalue weighted by Crippen LogP contribution is -2.40. The van der Waals surface area contributed by atoms with Gasteiger partial charge in [0, 0.05) is 6.42 Å². The summed E-state index contributed by atoms with van der Waals surface area (Å²) < 4.78 is 4.36. The predicted molar refractivity (Wildman–Crippen MR) is 60.2 cm³/mol. The summed E-state index contributed by atoms with van der Waals surface area (Å²) in [6.07, 6.45) is -0.170. The van der Waals surface area contributed by atoms with Gasteiger partial charge in [-0.1, -0.05) is 13.8 Å². The van der Waals surface area contributed by atoms with E-state index in [1.165, 1.54) is 14.0 Å². The molecular weight excluding hydrogens is 226 g/mol. The molecule has 0 saturated carbocycles. The Morgan fingerprint density at radius 1 is 1.35 bits per heavy atom. The number of carboxylic acid groups (broad SMARTS) is 1. The van der Waals surface area contributed by atoms with Crippen LogP contribution in [-0.2, 0) is 19.1 Å². The highest BCUT2D eigenvalue weighted by molar-refractivity contribution is 5.87. The van der Waals surface area contributed by atoms with Gasteiger partial charge in [-0.2, -0.15) is 0 Å². The summed E-state index contributed by atoms with van der Waals surface area (Å²) >= 11 is 0. The molecule has 98 valence electrons. The summed E-state index contributed by atoms with van der Waals surface area (Å²) in [5.41, 5.74) is -1.14. The second-order valence-electron chi connectivity index (χ2n) is 4.41. The van der Waals surface area contributed by atoms with Crippen LogP contribution in [0.15, 0.2) is 0 Å². The third-order valence-electron chi connectivity index (χ3n) is 2.95. The molecule has 0 aromatic rings. The zero-order valence-electron chi connectivity index (χ0n) is 10.6. The molecule has 0 aromatic heterocycles. The van der Waals surface area contributed by atoms with Crippen molar-refractivity contribution in [3.8, 4) is 0 Å². The molecule has 17 heavy (non-hydrogen) atoms. The van der Waals surface area contributed by atoms with Gasteiger partial charge in [-0.05, 0) is 12.8 Å². The van der Waals surface area contributed by atoms with Crippen LogP contribution in [0.25, 0.3) is 0 Å². The molecule has 0 heterocycles. The van der Waals surface area contributed by atoms with E-state index in [-0.39, 0.29) is 18.9 Å². The lowest BCUT2D eigenvalue weighted by molar-refractivity contribution is -0.153. The Morgan fingerprint density at radius 3 is 2.24 bits per heavy atom. The fourth-order valence-electron chi connectivity index (χ4n) is 1.17. The maximum absolute atomic E-state index is 11.5. The highest BCUT2D eigenvalue weighted by Gasteiger charge is 2.38. The molecule has 6 nitrogen and oxygen atoms in total. The summed E-state index contributed by atoms with van der Waals surface area (Å²) in [6, 6.07) is 0. The summed E-state index contributed by atoms with van der Waals surface area (Å²) in [6.45, 7) is 4.74. The number of hydrogen-bond donors (Lipinski definition) is 2. The number of aliphatic carboxylic acids is 1. The van der Waals surface area contributed by atoms with Gasteiger partial charge in [0.15, 0.2) is 0 Å². The minimum Gasteiger partial charge on any atom is -0.481 e. The number of carbonyl (C=O) groups is 3. The van der Waals surface area contributed by atoms with Crippen LogP contribution < -0.4 is 5.32 Å². The molecule has 0 rings (SSSR count). The van der Waals surface area contributed by atoms with Crippen LogP contribution >= 0.6 is 0 Å². The second kappa shape index (κ2) is 6.22. The van der Waals surface area contributed by atoms with E-state index in [4.69, 9.17) is 5.11 Å². The number of amides is 1. The maximum atomic E-state index is 11.5. The smallest absolute Gasteiger partial charge is 0.325 e. The lowest BCUT2D eigenvalue weighted by Gasteiger charge is -2.28. The first-order chi connectivity index (χ1) is 7.74. The number of esters is 1. The maximum Gasteiger partial charge on any atom is 0.325 e. The minimum atomic E-state index is -1.14. The topological polar surface area (TPSA) is 92.7 Å². The molecule has 1 amide bonds. The van der Waals surface area contributed by atoms with Crippen molar-refractivity contribution in [3.05, 3.63) is 0 Å². The molecule has 1 unspecified atom stereocenters. The van der Waals surface area contributed by atoms with Crippen LogP contribution in [0.2, 0.25) is 0 Å². The van der Waals surface area contributed by atoms with Crippen molar-refractivity contribution in [3.63, 3.8) is 0 Å². The number of carbonyl (C=O) groups excluding carboxylic acids is 2. The first kappa shape index (κ1) is 15.4. The van der Waals surface area contributed by atoms with E-state index in [9.17, 15) is 14.4 Å². The Kier molecular flexibility index (Phi) is 5.64. The summed E-state index contributed by atoms with van der Waals surface area (Å²) in [5.74, 6) is -2.27. The van der Waals surface area contributed by atoms with Crippen LogP contribution in [0.3, 0.4) is 0 Å². The molecule has 0 aliphatic rings. The fraction of sp³-hybridized carbons (Fsp3) is 0.727. The minimum absolute atomic E-state index is 0.170. The molecule has 0 saturated heterocycles. The van der Waals surface area contributed by atoms with Gasteiger partial charge < -0.3 is 15.2 Å². The first-order valence-electron chi connectivity index (χ1n) is 5.31. The van der Waals surface area contributed by atoms with Gasteiger partial charge >= 0.3 is 11.9 Å². The molecule has 0 spiro atoms. The van der Waals surface area contributed by atoms with Gasteiger partial charge in [0.05, 0.1) is 12.5 Å². The zero-order valence-corrected chi connectivity index (χ0v) is 10.6. The van der Waals surface area contributed by atoms with Gasteiger partial charge in [-0.15, -0.1) is 0 Å². The Morgan fingerprint density at radius 2 is 1.88 bits per heavy atom. The van der Waals surface area contributed by atoms with Gasteiger partial charge in [-0.3, -0.25) is 14.4 Å². The van der Waals surface area contributed by atoms with Gasteiger partial charge in [0.1, 0.15) is 6.54 Å². The molecule has 1 atom stereocenters.